The van der Waals surface area contributed by atoms with E-state index in [1.54, 1.807) is 4.90 Å². The van der Waals surface area contributed by atoms with E-state index in [1.807, 2.05) is 45.9 Å². The molecule has 1 atom stereocenters. The van der Waals surface area contributed by atoms with Gasteiger partial charge in [0.2, 0.25) is 5.91 Å². The Bertz CT molecular complexity index is 843. The number of carbonyl (C=O) groups excluding carboxylic acids is 2. The van der Waals surface area contributed by atoms with Crippen molar-refractivity contribution < 1.29 is 24.0 Å². The van der Waals surface area contributed by atoms with Crippen LogP contribution < -0.4 is 10.8 Å². The first kappa shape index (κ1) is 20.4. The van der Waals surface area contributed by atoms with Gasteiger partial charge in [0.25, 0.3) is 5.91 Å². The average Bonchev–Trinajstić information content (AvgIpc) is 3.04. The van der Waals surface area contributed by atoms with Gasteiger partial charge in [0.05, 0.1) is 16.6 Å². The Morgan fingerprint density at radius 2 is 1.76 bits per heavy atom. The maximum Gasteiger partial charge on any atom is 0.494 e. The molecule has 156 valence electrons. The molecular formula is C21H29BN2O5. The van der Waals surface area contributed by atoms with E-state index in [-0.39, 0.29) is 11.8 Å². The van der Waals surface area contributed by atoms with E-state index >= 15 is 0 Å². The summed E-state index contributed by atoms with van der Waals surface area (Å²) in [5.74, 6) is -0.308. The normalized spacial score (nSPS) is 25.1. The number of benzene rings is 1. The minimum atomic E-state index is -1.02. The molecule has 3 aliphatic rings. The third-order valence-electron chi connectivity index (χ3n) is 7.05. The second-order valence-electron chi connectivity index (χ2n) is 9.43. The first-order valence-corrected chi connectivity index (χ1v) is 10.3. The number of carbonyl (C=O) groups is 2. The number of rotatable bonds is 2. The van der Waals surface area contributed by atoms with E-state index in [4.69, 9.17) is 9.31 Å². The molecule has 0 unspecified atom stereocenters. The Kier molecular flexibility index (Phi) is 4.61. The molecule has 3 heterocycles. The zero-order valence-electron chi connectivity index (χ0n) is 17.7. The van der Waals surface area contributed by atoms with Crippen LogP contribution in [0.25, 0.3) is 0 Å². The molecule has 4 rings (SSSR count). The smallest absolute Gasteiger partial charge is 0.399 e. The molecule has 1 aromatic rings. The zero-order valence-corrected chi connectivity index (χ0v) is 17.7. The standard InChI is InChI=1S/C21H29BN2O5/c1-13(25)17(26)24-10-8-21(9-11-24)15-7-6-14(12-16(15)23-18(21)27)22-28-19(2,3)20(4,5)29-22/h6-7,12-13,25H,8-11H2,1-5H3,(H,23,27)/t13-/m1/s1. The number of piperidine rings is 1. The molecule has 2 N–H and O–H groups in total. The Labute approximate surface area is 171 Å². The van der Waals surface area contributed by atoms with Crippen LogP contribution in [0.3, 0.4) is 0 Å². The molecule has 0 aliphatic carbocycles. The molecule has 29 heavy (non-hydrogen) atoms. The predicted octanol–water partition coefficient (Wildman–Crippen LogP) is 1.18. The van der Waals surface area contributed by atoms with Crippen LogP contribution in [0.2, 0.25) is 0 Å². The summed E-state index contributed by atoms with van der Waals surface area (Å²) in [5, 5.41) is 12.6. The van der Waals surface area contributed by atoms with Crippen LogP contribution in [0.15, 0.2) is 18.2 Å². The fourth-order valence-electron chi connectivity index (χ4n) is 4.44. The second-order valence-corrected chi connectivity index (χ2v) is 9.43. The van der Waals surface area contributed by atoms with Crippen molar-refractivity contribution in [3.63, 3.8) is 0 Å². The maximum atomic E-state index is 12.9. The van der Waals surface area contributed by atoms with E-state index in [1.165, 1.54) is 6.92 Å². The molecule has 2 saturated heterocycles. The highest BCUT2D eigenvalue weighted by Crippen LogP contribution is 2.45. The van der Waals surface area contributed by atoms with Gasteiger partial charge in [-0.05, 0) is 64.6 Å². The predicted molar refractivity (Wildman–Crippen MR) is 110 cm³/mol. The number of aliphatic hydroxyl groups is 1. The number of amides is 2. The molecule has 3 aliphatic heterocycles. The zero-order chi connectivity index (χ0) is 21.2. The molecular weight excluding hydrogens is 371 g/mol. The fraction of sp³-hybridized carbons (Fsp3) is 0.619. The van der Waals surface area contributed by atoms with Crippen molar-refractivity contribution in [3.05, 3.63) is 23.8 Å². The number of hydrogen-bond acceptors (Lipinski definition) is 5. The summed E-state index contributed by atoms with van der Waals surface area (Å²) in [6, 6.07) is 5.90. The Balaban J connectivity index is 1.57. The lowest BCUT2D eigenvalue weighted by atomic mass is 9.71. The summed E-state index contributed by atoms with van der Waals surface area (Å²) < 4.78 is 12.3. The summed E-state index contributed by atoms with van der Waals surface area (Å²) in [6.45, 7) is 10.4. The number of nitrogens with zero attached hydrogens (tertiary/aromatic N) is 1. The van der Waals surface area contributed by atoms with Gasteiger partial charge in [-0.3, -0.25) is 9.59 Å². The SMILES string of the molecule is C[C@@H](O)C(=O)N1CCC2(CC1)C(=O)Nc1cc(B3OC(C)(C)C(C)(C)O3)ccc12. The van der Waals surface area contributed by atoms with E-state index < -0.39 is 29.8 Å². The number of fused-ring (bicyclic) bond motifs is 2. The van der Waals surface area contributed by atoms with E-state index in [2.05, 4.69) is 5.32 Å². The summed E-state index contributed by atoms with van der Waals surface area (Å²) in [5.41, 5.74) is 1.15. The minimum Gasteiger partial charge on any atom is -0.399 e. The monoisotopic (exact) mass is 400 g/mol. The molecule has 2 amide bonds. The van der Waals surface area contributed by atoms with Crippen molar-refractivity contribution in [2.75, 3.05) is 18.4 Å². The van der Waals surface area contributed by atoms with Crippen molar-refractivity contribution in [3.8, 4) is 0 Å². The van der Waals surface area contributed by atoms with Gasteiger partial charge in [-0.25, -0.2) is 0 Å². The van der Waals surface area contributed by atoms with Crippen molar-refractivity contribution in [2.45, 2.75) is 70.2 Å². The van der Waals surface area contributed by atoms with Crippen LogP contribution in [0.1, 0.15) is 53.0 Å². The van der Waals surface area contributed by atoms with Gasteiger partial charge in [-0.15, -0.1) is 0 Å². The second kappa shape index (κ2) is 6.55. The largest absolute Gasteiger partial charge is 0.494 e. The molecule has 0 radical (unpaired) electrons. The van der Waals surface area contributed by atoms with Crippen LogP contribution in [0.4, 0.5) is 5.69 Å². The Morgan fingerprint density at radius 3 is 2.31 bits per heavy atom. The van der Waals surface area contributed by atoms with Gasteiger partial charge in [-0.2, -0.15) is 0 Å². The third kappa shape index (κ3) is 3.09. The van der Waals surface area contributed by atoms with Crippen LogP contribution in [0, 0.1) is 0 Å². The van der Waals surface area contributed by atoms with Crippen LogP contribution in [-0.2, 0) is 24.3 Å². The fourth-order valence-corrected chi connectivity index (χ4v) is 4.44. The number of hydrogen-bond donors (Lipinski definition) is 2. The topological polar surface area (TPSA) is 88.1 Å². The third-order valence-corrected chi connectivity index (χ3v) is 7.05. The lowest BCUT2D eigenvalue weighted by molar-refractivity contribution is -0.142. The highest BCUT2D eigenvalue weighted by molar-refractivity contribution is 6.62. The van der Waals surface area contributed by atoms with Gasteiger partial charge in [-0.1, -0.05) is 12.1 Å². The van der Waals surface area contributed by atoms with Gasteiger partial charge in [0.1, 0.15) is 6.10 Å². The van der Waals surface area contributed by atoms with Crippen molar-refractivity contribution in [1.82, 2.24) is 4.90 Å². The number of anilines is 1. The van der Waals surface area contributed by atoms with E-state index in [9.17, 15) is 14.7 Å². The Hall–Kier alpha value is -1.90. The maximum absolute atomic E-state index is 12.9. The molecule has 2 fully saturated rings. The van der Waals surface area contributed by atoms with Crippen molar-refractivity contribution >= 4 is 30.1 Å². The van der Waals surface area contributed by atoms with E-state index in [0.29, 0.717) is 25.9 Å². The molecule has 8 heteroatoms. The summed E-state index contributed by atoms with van der Waals surface area (Å²) in [6.07, 6.45) is 0.0662. The van der Waals surface area contributed by atoms with Crippen LogP contribution in [0.5, 0.6) is 0 Å². The van der Waals surface area contributed by atoms with Crippen molar-refractivity contribution in [1.29, 1.82) is 0 Å². The van der Waals surface area contributed by atoms with Gasteiger partial charge >= 0.3 is 7.12 Å². The summed E-state index contributed by atoms with van der Waals surface area (Å²) >= 11 is 0. The number of aliphatic hydroxyl groups excluding tert-OH is 1. The lowest BCUT2D eigenvalue weighted by Gasteiger charge is -2.38. The lowest BCUT2D eigenvalue weighted by Crippen LogP contribution is -2.50. The molecule has 7 nitrogen and oxygen atoms in total. The van der Waals surface area contributed by atoms with Gasteiger partial charge in [0, 0.05) is 18.8 Å². The summed E-state index contributed by atoms with van der Waals surface area (Å²) in [7, 11) is -0.482. The summed E-state index contributed by atoms with van der Waals surface area (Å²) in [4.78, 5) is 26.6. The van der Waals surface area contributed by atoms with E-state index in [0.717, 1.165) is 16.7 Å². The molecule has 0 aromatic heterocycles. The first-order chi connectivity index (χ1) is 13.5. The first-order valence-electron chi connectivity index (χ1n) is 10.3. The van der Waals surface area contributed by atoms with Gasteiger partial charge in [0.15, 0.2) is 0 Å². The van der Waals surface area contributed by atoms with Gasteiger partial charge < -0.3 is 24.6 Å². The molecule has 1 spiro atoms. The highest BCUT2D eigenvalue weighted by Gasteiger charge is 2.53. The molecule has 0 saturated carbocycles. The molecule has 0 bridgehead atoms. The Morgan fingerprint density at radius 1 is 1.17 bits per heavy atom. The number of likely N-dealkylation sites (tertiary alicyclic amines) is 1. The highest BCUT2D eigenvalue weighted by atomic mass is 16.7. The van der Waals surface area contributed by atoms with Crippen LogP contribution >= 0.6 is 0 Å². The van der Waals surface area contributed by atoms with Crippen molar-refractivity contribution in [2.24, 2.45) is 0 Å². The quantitative estimate of drug-likeness (QED) is 0.728. The van der Waals surface area contributed by atoms with Crippen LogP contribution in [-0.4, -0.2) is 59.3 Å². The molecule has 1 aromatic carbocycles. The average molecular weight is 400 g/mol. The minimum absolute atomic E-state index is 0.0253. The number of nitrogens with one attached hydrogen (secondary N) is 1.